The normalized spacial score (nSPS) is 16.2. The van der Waals surface area contributed by atoms with Crippen LogP contribution in [0.2, 0.25) is 0 Å². The molecule has 0 spiro atoms. The van der Waals surface area contributed by atoms with E-state index in [0.29, 0.717) is 32.8 Å². The van der Waals surface area contributed by atoms with Crippen LogP contribution in [0, 0.1) is 0 Å². The molecule has 1 heterocycles. The minimum Gasteiger partial charge on any atom is -0.379 e. The molecule has 0 atom stereocenters. The van der Waals surface area contributed by atoms with Crippen molar-refractivity contribution in [2.45, 2.75) is 23.1 Å². The first-order valence-electron chi connectivity index (χ1n) is 8.26. The van der Waals surface area contributed by atoms with Crippen molar-refractivity contribution >= 4 is 32.5 Å². The first kappa shape index (κ1) is 23.3. The molecule has 1 aromatic carbocycles. The fraction of sp³-hybridized carbons (Fsp3) is 0.600. The van der Waals surface area contributed by atoms with Crippen molar-refractivity contribution in [3.63, 3.8) is 0 Å². The average molecular weight is 428 g/mol. The van der Waals surface area contributed by atoms with E-state index in [1.807, 2.05) is 6.92 Å². The van der Waals surface area contributed by atoms with Gasteiger partial charge in [-0.05, 0) is 37.2 Å². The topological polar surface area (TPSA) is 105 Å². The van der Waals surface area contributed by atoms with Gasteiger partial charge in [-0.25, -0.2) is 21.6 Å². The Morgan fingerprint density at radius 1 is 0.962 bits per heavy atom. The van der Waals surface area contributed by atoms with E-state index in [-0.39, 0.29) is 28.7 Å². The molecule has 0 aliphatic carbocycles. The molecule has 1 fully saturated rings. The van der Waals surface area contributed by atoms with E-state index in [1.165, 1.54) is 28.6 Å². The number of benzene rings is 1. The molecule has 26 heavy (non-hydrogen) atoms. The molecule has 0 radical (unpaired) electrons. The van der Waals surface area contributed by atoms with Gasteiger partial charge in [0.1, 0.15) is 0 Å². The third-order valence-electron chi connectivity index (χ3n) is 3.76. The van der Waals surface area contributed by atoms with Gasteiger partial charge in [-0.15, -0.1) is 12.4 Å². The number of halogens is 1. The summed E-state index contributed by atoms with van der Waals surface area (Å²) in [6, 6.07) is 5.29. The van der Waals surface area contributed by atoms with Crippen LogP contribution in [0.3, 0.4) is 0 Å². The standard InChI is InChI=1S/C15H25N3O5S2.ClH/c1-2-7-16-8-9-17-24(19,20)14-3-5-15(6-4-14)25(21,22)18-10-12-23-13-11-18;/h3-6,16-17H,2,7-13H2,1H3;1H. The summed E-state index contributed by atoms with van der Waals surface area (Å²) < 4.78 is 58.5. The molecular weight excluding hydrogens is 402 g/mol. The van der Waals surface area contributed by atoms with Crippen LogP contribution in [0.1, 0.15) is 13.3 Å². The second-order valence-corrected chi connectivity index (χ2v) is 9.34. The van der Waals surface area contributed by atoms with Gasteiger partial charge in [-0.1, -0.05) is 6.92 Å². The lowest BCUT2D eigenvalue weighted by Gasteiger charge is -2.26. The SMILES string of the molecule is CCCNCCNS(=O)(=O)c1ccc(S(=O)(=O)N2CCOCC2)cc1.Cl. The molecule has 1 aliphatic heterocycles. The molecule has 0 saturated carbocycles. The maximum absolute atomic E-state index is 12.5. The zero-order valence-electron chi connectivity index (χ0n) is 14.7. The van der Waals surface area contributed by atoms with Crippen LogP contribution in [-0.2, 0) is 24.8 Å². The smallest absolute Gasteiger partial charge is 0.243 e. The Hall–Kier alpha value is -0.750. The number of hydrogen-bond donors (Lipinski definition) is 2. The highest BCUT2D eigenvalue weighted by Crippen LogP contribution is 2.19. The fourth-order valence-electron chi connectivity index (χ4n) is 2.39. The van der Waals surface area contributed by atoms with E-state index in [9.17, 15) is 16.8 Å². The Kier molecular flexibility index (Phi) is 9.45. The van der Waals surface area contributed by atoms with Crippen molar-refractivity contribution in [1.29, 1.82) is 0 Å². The number of ether oxygens (including phenoxy) is 1. The minimum absolute atomic E-state index is 0. The fourth-order valence-corrected chi connectivity index (χ4v) is 4.83. The molecular formula is C15H26ClN3O5S2. The van der Waals surface area contributed by atoms with Gasteiger partial charge in [0.15, 0.2) is 0 Å². The molecule has 2 rings (SSSR count). The summed E-state index contributed by atoms with van der Waals surface area (Å²) in [5, 5.41) is 3.10. The van der Waals surface area contributed by atoms with Gasteiger partial charge >= 0.3 is 0 Å². The van der Waals surface area contributed by atoms with Crippen LogP contribution in [0.15, 0.2) is 34.1 Å². The summed E-state index contributed by atoms with van der Waals surface area (Å²) in [7, 11) is -7.28. The lowest BCUT2D eigenvalue weighted by molar-refractivity contribution is 0.0730. The molecule has 1 aromatic rings. The average Bonchev–Trinajstić information content (AvgIpc) is 2.62. The maximum Gasteiger partial charge on any atom is 0.243 e. The number of rotatable bonds is 9. The Morgan fingerprint density at radius 2 is 1.54 bits per heavy atom. The highest BCUT2D eigenvalue weighted by atomic mass is 35.5. The molecule has 2 N–H and O–H groups in total. The van der Waals surface area contributed by atoms with E-state index in [4.69, 9.17) is 4.74 Å². The van der Waals surface area contributed by atoms with Crippen molar-refractivity contribution in [3.05, 3.63) is 24.3 Å². The molecule has 0 unspecified atom stereocenters. The van der Waals surface area contributed by atoms with Crippen molar-refractivity contribution < 1.29 is 21.6 Å². The zero-order valence-corrected chi connectivity index (χ0v) is 17.1. The van der Waals surface area contributed by atoms with E-state index in [2.05, 4.69) is 10.0 Å². The maximum atomic E-state index is 12.5. The van der Waals surface area contributed by atoms with Crippen LogP contribution in [-0.4, -0.2) is 67.1 Å². The Balaban J connectivity index is 0.00000338. The van der Waals surface area contributed by atoms with Gasteiger partial charge in [0, 0.05) is 26.2 Å². The molecule has 1 aliphatic rings. The molecule has 150 valence electrons. The largest absolute Gasteiger partial charge is 0.379 e. The van der Waals surface area contributed by atoms with E-state index < -0.39 is 20.0 Å². The molecule has 11 heteroatoms. The lowest BCUT2D eigenvalue weighted by atomic mass is 10.4. The summed E-state index contributed by atoms with van der Waals surface area (Å²) in [6.07, 6.45) is 0.978. The Labute approximate surface area is 161 Å². The van der Waals surface area contributed by atoms with Gasteiger partial charge in [0.05, 0.1) is 23.0 Å². The Morgan fingerprint density at radius 3 is 2.12 bits per heavy atom. The Bertz CT molecular complexity index is 748. The highest BCUT2D eigenvalue weighted by molar-refractivity contribution is 7.89. The van der Waals surface area contributed by atoms with Crippen molar-refractivity contribution in [2.75, 3.05) is 45.9 Å². The summed E-state index contributed by atoms with van der Waals surface area (Å²) in [6.45, 7) is 5.00. The van der Waals surface area contributed by atoms with Crippen LogP contribution in [0.25, 0.3) is 0 Å². The zero-order chi connectivity index (χ0) is 18.3. The number of sulfonamides is 2. The van der Waals surface area contributed by atoms with E-state index >= 15 is 0 Å². The van der Waals surface area contributed by atoms with Crippen LogP contribution in [0.4, 0.5) is 0 Å². The van der Waals surface area contributed by atoms with E-state index in [0.717, 1.165) is 13.0 Å². The van der Waals surface area contributed by atoms with Crippen molar-refractivity contribution in [1.82, 2.24) is 14.3 Å². The van der Waals surface area contributed by atoms with Gasteiger partial charge < -0.3 is 10.1 Å². The quantitative estimate of drug-likeness (QED) is 0.553. The predicted molar refractivity (Wildman–Crippen MR) is 102 cm³/mol. The van der Waals surface area contributed by atoms with Crippen molar-refractivity contribution in [2.24, 2.45) is 0 Å². The monoisotopic (exact) mass is 427 g/mol. The minimum atomic E-state index is -3.65. The van der Waals surface area contributed by atoms with Crippen LogP contribution in [0.5, 0.6) is 0 Å². The number of hydrogen-bond acceptors (Lipinski definition) is 6. The summed E-state index contributed by atoms with van der Waals surface area (Å²) in [4.78, 5) is 0.127. The number of morpholine rings is 1. The first-order chi connectivity index (χ1) is 11.9. The molecule has 0 aromatic heterocycles. The molecule has 0 bridgehead atoms. The van der Waals surface area contributed by atoms with Crippen LogP contribution < -0.4 is 10.0 Å². The predicted octanol–water partition coefficient (Wildman–Crippen LogP) is 0.407. The number of nitrogens with one attached hydrogen (secondary N) is 2. The van der Waals surface area contributed by atoms with Gasteiger partial charge in [0.25, 0.3) is 0 Å². The third kappa shape index (κ3) is 6.15. The van der Waals surface area contributed by atoms with E-state index in [1.54, 1.807) is 0 Å². The number of nitrogens with zero attached hydrogens (tertiary/aromatic N) is 1. The molecule has 0 amide bonds. The second kappa shape index (κ2) is 10.5. The lowest BCUT2D eigenvalue weighted by Crippen LogP contribution is -2.40. The van der Waals surface area contributed by atoms with Gasteiger partial charge in [-0.2, -0.15) is 4.31 Å². The van der Waals surface area contributed by atoms with Crippen molar-refractivity contribution in [3.8, 4) is 0 Å². The summed E-state index contributed by atoms with van der Waals surface area (Å²) in [5.41, 5.74) is 0. The van der Waals surface area contributed by atoms with Gasteiger partial charge in [0.2, 0.25) is 20.0 Å². The molecule has 1 saturated heterocycles. The van der Waals surface area contributed by atoms with Gasteiger partial charge in [-0.3, -0.25) is 0 Å². The second-order valence-electron chi connectivity index (χ2n) is 5.64. The summed E-state index contributed by atoms with van der Waals surface area (Å²) >= 11 is 0. The summed E-state index contributed by atoms with van der Waals surface area (Å²) in [5.74, 6) is 0. The van der Waals surface area contributed by atoms with Crippen LogP contribution >= 0.6 is 12.4 Å². The highest BCUT2D eigenvalue weighted by Gasteiger charge is 2.26. The molecule has 8 nitrogen and oxygen atoms in total. The third-order valence-corrected chi connectivity index (χ3v) is 7.15. The first-order valence-corrected chi connectivity index (χ1v) is 11.2.